The van der Waals surface area contributed by atoms with Crippen LogP contribution in [0.3, 0.4) is 0 Å². The Labute approximate surface area is 147 Å². The van der Waals surface area contributed by atoms with Crippen LogP contribution in [0.1, 0.15) is 11.5 Å². The Morgan fingerprint density at radius 1 is 1.08 bits per heavy atom. The van der Waals surface area contributed by atoms with E-state index < -0.39 is 0 Å². The van der Waals surface area contributed by atoms with E-state index in [2.05, 4.69) is 27.3 Å². The molecule has 0 bridgehead atoms. The average Bonchev–Trinajstić information content (AvgIpc) is 3.22. The van der Waals surface area contributed by atoms with Gasteiger partial charge in [-0.05, 0) is 24.1 Å². The third-order valence-electron chi connectivity index (χ3n) is 3.85. The van der Waals surface area contributed by atoms with Crippen molar-refractivity contribution in [3.8, 4) is 0 Å². The third kappa shape index (κ3) is 3.51. The van der Waals surface area contributed by atoms with Crippen molar-refractivity contribution < 1.29 is 4.42 Å². The first-order chi connectivity index (χ1) is 12.3. The van der Waals surface area contributed by atoms with Gasteiger partial charge >= 0.3 is 5.69 Å². The number of nitrogens with one attached hydrogen (secondary N) is 1. The first-order valence-electron chi connectivity index (χ1n) is 7.96. The standard InChI is InChI=1S/C18H16N4O2S/c23-17-20-21-18(22(17)11-10-13-6-2-1-3-7-13)25-12-16-19-14-8-4-5-9-15(14)24-16/h1-9H,10-12H2,(H,20,23). The van der Waals surface area contributed by atoms with Crippen molar-refractivity contribution in [1.82, 2.24) is 19.7 Å². The summed E-state index contributed by atoms with van der Waals surface area (Å²) in [5.74, 6) is 1.14. The fourth-order valence-corrected chi connectivity index (χ4v) is 3.42. The highest BCUT2D eigenvalue weighted by Gasteiger charge is 2.12. The van der Waals surface area contributed by atoms with Crippen molar-refractivity contribution in [2.24, 2.45) is 0 Å². The summed E-state index contributed by atoms with van der Waals surface area (Å²) >= 11 is 1.44. The van der Waals surface area contributed by atoms with Gasteiger partial charge in [-0.3, -0.25) is 4.57 Å². The van der Waals surface area contributed by atoms with E-state index >= 15 is 0 Å². The second kappa shape index (κ2) is 6.98. The lowest BCUT2D eigenvalue weighted by Gasteiger charge is -2.04. The lowest BCUT2D eigenvalue weighted by molar-refractivity contribution is 0.555. The zero-order valence-electron chi connectivity index (χ0n) is 13.4. The van der Waals surface area contributed by atoms with Gasteiger partial charge in [0.15, 0.2) is 10.7 Å². The molecule has 0 unspecified atom stereocenters. The van der Waals surface area contributed by atoms with Crippen molar-refractivity contribution in [2.75, 3.05) is 0 Å². The number of aryl methyl sites for hydroxylation is 1. The zero-order chi connectivity index (χ0) is 17.1. The molecule has 2 aromatic carbocycles. The van der Waals surface area contributed by atoms with Gasteiger partial charge in [0.25, 0.3) is 0 Å². The molecule has 2 heterocycles. The molecule has 7 heteroatoms. The number of aromatic nitrogens is 4. The van der Waals surface area contributed by atoms with Crippen molar-refractivity contribution >= 4 is 22.9 Å². The summed E-state index contributed by atoms with van der Waals surface area (Å²) in [5.41, 5.74) is 2.59. The predicted octanol–water partition coefficient (Wildman–Crippen LogP) is 3.25. The number of benzene rings is 2. The van der Waals surface area contributed by atoms with E-state index in [9.17, 15) is 4.79 Å². The second-order valence-electron chi connectivity index (χ2n) is 5.56. The minimum atomic E-state index is -0.198. The van der Waals surface area contributed by atoms with Crippen molar-refractivity contribution in [2.45, 2.75) is 23.9 Å². The van der Waals surface area contributed by atoms with Crippen LogP contribution in [0.25, 0.3) is 11.1 Å². The van der Waals surface area contributed by atoms with E-state index in [4.69, 9.17) is 4.42 Å². The molecule has 126 valence electrons. The van der Waals surface area contributed by atoms with Crippen molar-refractivity contribution in [1.29, 1.82) is 0 Å². The molecule has 0 amide bonds. The molecule has 0 fully saturated rings. The summed E-state index contributed by atoms with van der Waals surface area (Å²) in [4.78, 5) is 16.5. The maximum Gasteiger partial charge on any atom is 0.343 e. The molecule has 0 radical (unpaired) electrons. The molecule has 0 saturated carbocycles. The maximum absolute atomic E-state index is 12.0. The number of hydrogen-bond acceptors (Lipinski definition) is 5. The van der Waals surface area contributed by atoms with Crippen LogP contribution in [0.15, 0.2) is 69.0 Å². The maximum atomic E-state index is 12.0. The van der Waals surface area contributed by atoms with Gasteiger partial charge in [0.2, 0.25) is 5.89 Å². The molecular weight excluding hydrogens is 336 g/mol. The van der Waals surface area contributed by atoms with E-state index in [0.717, 1.165) is 17.5 Å². The minimum absolute atomic E-state index is 0.198. The average molecular weight is 352 g/mol. The predicted molar refractivity (Wildman–Crippen MR) is 96.6 cm³/mol. The lowest BCUT2D eigenvalue weighted by atomic mass is 10.1. The molecule has 4 aromatic rings. The summed E-state index contributed by atoms with van der Waals surface area (Å²) in [6.07, 6.45) is 0.775. The highest BCUT2D eigenvalue weighted by molar-refractivity contribution is 7.98. The van der Waals surface area contributed by atoms with Gasteiger partial charge in [0.05, 0.1) is 5.75 Å². The van der Waals surface area contributed by atoms with Gasteiger partial charge in [-0.15, -0.1) is 5.10 Å². The number of rotatable bonds is 6. The molecule has 6 nitrogen and oxygen atoms in total. The van der Waals surface area contributed by atoms with E-state index in [0.29, 0.717) is 23.3 Å². The Hall–Kier alpha value is -2.80. The van der Waals surface area contributed by atoms with Gasteiger partial charge < -0.3 is 4.42 Å². The largest absolute Gasteiger partial charge is 0.440 e. The summed E-state index contributed by atoms with van der Waals surface area (Å²) in [7, 11) is 0. The topological polar surface area (TPSA) is 76.7 Å². The molecular formula is C18H16N4O2S. The van der Waals surface area contributed by atoms with E-state index in [1.165, 1.54) is 17.3 Å². The Morgan fingerprint density at radius 2 is 1.88 bits per heavy atom. The molecule has 0 aliphatic carbocycles. The third-order valence-corrected chi connectivity index (χ3v) is 4.81. The van der Waals surface area contributed by atoms with Crippen LogP contribution in [0.4, 0.5) is 0 Å². The Morgan fingerprint density at radius 3 is 2.72 bits per heavy atom. The molecule has 0 spiro atoms. The lowest BCUT2D eigenvalue weighted by Crippen LogP contribution is -2.18. The number of hydrogen-bond donors (Lipinski definition) is 1. The molecule has 4 rings (SSSR count). The summed E-state index contributed by atoms with van der Waals surface area (Å²) < 4.78 is 7.36. The number of oxazole rings is 1. The Kier molecular flexibility index (Phi) is 4.39. The summed E-state index contributed by atoms with van der Waals surface area (Å²) in [5, 5.41) is 7.28. The van der Waals surface area contributed by atoms with Crippen LogP contribution in [0.5, 0.6) is 0 Å². The van der Waals surface area contributed by atoms with Gasteiger partial charge in [-0.2, -0.15) is 0 Å². The number of thioether (sulfide) groups is 1. The SMILES string of the molecule is O=c1[nH]nc(SCc2nc3ccccc3o2)n1CCc1ccccc1. The van der Waals surface area contributed by atoms with Gasteiger partial charge in [-0.25, -0.2) is 14.9 Å². The van der Waals surface area contributed by atoms with E-state index in [-0.39, 0.29) is 5.69 Å². The van der Waals surface area contributed by atoms with E-state index in [1.807, 2.05) is 42.5 Å². The molecule has 0 aliphatic rings. The highest BCUT2D eigenvalue weighted by atomic mass is 32.2. The first kappa shape index (κ1) is 15.7. The van der Waals surface area contributed by atoms with Crippen molar-refractivity contribution in [3.05, 3.63) is 76.5 Å². The fraction of sp³-hybridized carbons (Fsp3) is 0.167. The van der Waals surface area contributed by atoms with E-state index in [1.54, 1.807) is 4.57 Å². The number of H-pyrrole nitrogens is 1. The number of para-hydroxylation sites is 2. The molecule has 2 aromatic heterocycles. The minimum Gasteiger partial charge on any atom is -0.440 e. The molecule has 25 heavy (non-hydrogen) atoms. The van der Waals surface area contributed by atoms with Crippen LogP contribution in [0, 0.1) is 0 Å². The van der Waals surface area contributed by atoms with Crippen LogP contribution >= 0.6 is 11.8 Å². The summed E-state index contributed by atoms with van der Waals surface area (Å²) in [6.45, 7) is 0.579. The van der Waals surface area contributed by atoms with Crippen LogP contribution in [-0.2, 0) is 18.7 Å². The van der Waals surface area contributed by atoms with Crippen molar-refractivity contribution in [3.63, 3.8) is 0 Å². The van der Waals surface area contributed by atoms with Crippen LogP contribution < -0.4 is 5.69 Å². The van der Waals surface area contributed by atoms with Crippen LogP contribution in [-0.4, -0.2) is 19.7 Å². The van der Waals surface area contributed by atoms with Crippen LogP contribution in [0.2, 0.25) is 0 Å². The second-order valence-corrected chi connectivity index (χ2v) is 6.51. The number of fused-ring (bicyclic) bond motifs is 1. The smallest absolute Gasteiger partial charge is 0.343 e. The Bertz CT molecular complexity index is 1000. The molecule has 1 N–H and O–H groups in total. The molecule has 0 aliphatic heterocycles. The quantitative estimate of drug-likeness (QED) is 0.539. The number of aromatic amines is 1. The fourth-order valence-electron chi connectivity index (χ4n) is 2.60. The Balaban J connectivity index is 1.46. The number of nitrogens with zero attached hydrogens (tertiary/aromatic N) is 3. The highest BCUT2D eigenvalue weighted by Crippen LogP contribution is 2.22. The molecule has 0 atom stereocenters. The zero-order valence-corrected chi connectivity index (χ0v) is 14.2. The summed E-state index contributed by atoms with van der Waals surface area (Å²) in [6, 6.07) is 17.7. The normalized spacial score (nSPS) is 11.2. The van der Waals surface area contributed by atoms with Gasteiger partial charge in [-0.1, -0.05) is 54.2 Å². The van der Waals surface area contributed by atoms with Gasteiger partial charge in [0, 0.05) is 6.54 Å². The monoisotopic (exact) mass is 352 g/mol. The molecule has 0 saturated heterocycles. The first-order valence-corrected chi connectivity index (χ1v) is 8.94. The van der Waals surface area contributed by atoms with Gasteiger partial charge in [0.1, 0.15) is 5.52 Å².